The van der Waals surface area contributed by atoms with Gasteiger partial charge in [-0.2, -0.15) is 0 Å². The summed E-state index contributed by atoms with van der Waals surface area (Å²) in [6, 6.07) is 21.0. The van der Waals surface area contributed by atoms with Crippen molar-refractivity contribution in [3.8, 4) is 0 Å². The first-order chi connectivity index (χ1) is 14.4. The third kappa shape index (κ3) is 4.07. The van der Waals surface area contributed by atoms with Gasteiger partial charge in [-0.05, 0) is 53.9 Å². The van der Waals surface area contributed by atoms with Crippen LogP contribution in [0.25, 0.3) is 0 Å². The molecular formula is C23H21FN2O3S. The molecule has 30 heavy (non-hydrogen) atoms. The van der Waals surface area contributed by atoms with Gasteiger partial charge >= 0.3 is 0 Å². The van der Waals surface area contributed by atoms with Crippen molar-refractivity contribution in [3.05, 3.63) is 95.8 Å². The zero-order valence-corrected chi connectivity index (χ0v) is 17.1. The van der Waals surface area contributed by atoms with E-state index in [4.69, 9.17) is 0 Å². The van der Waals surface area contributed by atoms with Gasteiger partial charge in [-0.3, -0.25) is 9.10 Å². The number of anilines is 1. The highest BCUT2D eigenvalue weighted by Gasteiger charge is 2.30. The highest BCUT2D eigenvalue weighted by Crippen LogP contribution is 2.25. The van der Waals surface area contributed by atoms with Crippen LogP contribution in [0.5, 0.6) is 0 Å². The Kier molecular flexibility index (Phi) is 5.55. The van der Waals surface area contributed by atoms with Crippen LogP contribution in [0, 0.1) is 5.82 Å². The molecule has 0 N–H and O–H groups in total. The van der Waals surface area contributed by atoms with Gasteiger partial charge in [0, 0.05) is 13.1 Å². The van der Waals surface area contributed by atoms with E-state index in [1.54, 1.807) is 23.1 Å². The molecule has 0 spiro atoms. The van der Waals surface area contributed by atoms with Crippen molar-refractivity contribution in [2.75, 3.05) is 17.4 Å². The maximum atomic E-state index is 13.4. The fourth-order valence-electron chi connectivity index (χ4n) is 3.57. The summed E-state index contributed by atoms with van der Waals surface area (Å²) >= 11 is 0. The van der Waals surface area contributed by atoms with Gasteiger partial charge in [0.05, 0.1) is 10.6 Å². The molecule has 0 saturated carbocycles. The molecule has 3 aromatic carbocycles. The van der Waals surface area contributed by atoms with Crippen molar-refractivity contribution in [1.29, 1.82) is 0 Å². The van der Waals surface area contributed by atoms with Crippen molar-refractivity contribution in [2.45, 2.75) is 17.9 Å². The van der Waals surface area contributed by atoms with Crippen LogP contribution in [-0.4, -0.2) is 32.3 Å². The first-order valence-corrected chi connectivity index (χ1v) is 11.1. The van der Waals surface area contributed by atoms with E-state index in [1.807, 2.05) is 24.3 Å². The van der Waals surface area contributed by atoms with Gasteiger partial charge in [0.1, 0.15) is 12.4 Å². The van der Waals surface area contributed by atoms with Crippen LogP contribution in [0.3, 0.4) is 0 Å². The smallest absolute Gasteiger partial charge is 0.264 e. The Morgan fingerprint density at radius 2 is 1.53 bits per heavy atom. The van der Waals surface area contributed by atoms with E-state index < -0.39 is 15.8 Å². The van der Waals surface area contributed by atoms with E-state index in [1.165, 1.54) is 42.0 Å². The summed E-state index contributed by atoms with van der Waals surface area (Å²) in [5.74, 6) is -0.775. The molecule has 0 aromatic heterocycles. The van der Waals surface area contributed by atoms with Crippen LogP contribution in [0.4, 0.5) is 10.1 Å². The van der Waals surface area contributed by atoms with E-state index in [0.717, 1.165) is 16.3 Å². The summed E-state index contributed by atoms with van der Waals surface area (Å²) in [7, 11) is -4.00. The monoisotopic (exact) mass is 424 g/mol. The van der Waals surface area contributed by atoms with Crippen LogP contribution < -0.4 is 4.31 Å². The Bertz CT molecular complexity index is 1150. The lowest BCUT2D eigenvalue weighted by molar-refractivity contribution is -0.130. The normalized spacial score (nSPS) is 13.6. The van der Waals surface area contributed by atoms with E-state index in [2.05, 4.69) is 0 Å². The number of sulfonamides is 1. The topological polar surface area (TPSA) is 57.7 Å². The first kappa shape index (κ1) is 20.1. The molecule has 0 saturated heterocycles. The lowest BCUT2D eigenvalue weighted by atomic mass is 10.00. The molecule has 0 bridgehead atoms. The zero-order valence-electron chi connectivity index (χ0n) is 16.2. The fraction of sp³-hybridized carbons (Fsp3) is 0.174. The predicted molar refractivity (Wildman–Crippen MR) is 113 cm³/mol. The number of benzene rings is 3. The SMILES string of the molecule is O=C(CN(c1ccc(F)cc1)S(=O)(=O)c1ccccc1)N1CCc2ccccc2C1. The van der Waals surface area contributed by atoms with Crippen LogP contribution >= 0.6 is 0 Å². The number of amides is 1. The molecule has 0 fully saturated rings. The van der Waals surface area contributed by atoms with E-state index >= 15 is 0 Å². The largest absolute Gasteiger partial charge is 0.336 e. The summed E-state index contributed by atoms with van der Waals surface area (Å²) in [5, 5.41) is 0. The van der Waals surface area contributed by atoms with Crippen LogP contribution in [0.1, 0.15) is 11.1 Å². The van der Waals surface area contributed by atoms with E-state index in [9.17, 15) is 17.6 Å². The summed E-state index contributed by atoms with van der Waals surface area (Å²) in [6.45, 7) is 0.612. The molecule has 0 unspecified atom stereocenters. The average molecular weight is 424 g/mol. The standard InChI is InChI=1S/C23H21FN2O3S/c24-20-10-12-21(13-11-20)26(30(28,29)22-8-2-1-3-9-22)17-23(27)25-15-14-18-6-4-5-7-19(18)16-25/h1-13H,14-17H2. The van der Waals surface area contributed by atoms with Crippen molar-refractivity contribution in [2.24, 2.45) is 0 Å². The molecule has 0 atom stereocenters. The Balaban J connectivity index is 1.64. The van der Waals surface area contributed by atoms with E-state index in [0.29, 0.717) is 13.1 Å². The number of hydrogen-bond donors (Lipinski definition) is 0. The predicted octanol–water partition coefficient (Wildman–Crippen LogP) is 3.61. The number of fused-ring (bicyclic) bond motifs is 1. The summed E-state index contributed by atoms with van der Waals surface area (Å²) in [4.78, 5) is 14.8. The number of halogens is 1. The molecule has 3 aromatic rings. The molecule has 1 aliphatic heterocycles. The Labute approximate surface area is 175 Å². The maximum absolute atomic E-state index is 13.4. The van der Waals surface area contributed by atoms with Crippen molar-refractivity contribution in [3.63, 3.8) is 0 Å². The minimum Gasteiger partial charge on any atom is -0.336 e. The Morgan fingerprint density at radius 3 is 2.23 bits per heavy atom. The molecule has 0 radical (unpaired) electrons. The number of hydrogen-bond acceptors (Lipinski definition) is 3. The van der Waals surface area contributed by atoms with Gasteiger partial charge in [-0.25, -0.2) is 12.8 Å². The van der Waals surface area contributed by atoms with Crippen molar-refractivity contribution >= 4 is 21.6 Å². The Morgan fingerprint density at radius 1 is 0.900 bits per heavy atom. The Hall–Kier alpha value is -3.19. The van der Waals surface area contributed by atoms with Gasteiger partial charge in [-0.15, -0.1) is 0 Å². The number of nitrogens with zero attached hydrogens (tertiary/aromatic N) is 2. The van der Waals surface area contributed by atoms with Crippen LogP contribution in [-0.2, 0) is 27.8 Å². The number of carbonyl (C=O) groups excluding carboxylic acids is 1. The van der Waals surface area contributed by atoms with Crippen molar-refractivity contribution in [1.82, 2.24) is 4.90 Å². The third-order valence-electron chi connectivity index (χ3n) is 5.21. The highest BCUT2D eigenvalue weighted by molar-refractivity contribution is 7.92. The van der Waals surface area contributed by atoms with Gasteiger partial charge in [0.25, 0.3) is 10.0 Å². The van der Waals surface area contributed by atoms with Crippen molar-refractivity contribution < 1.29 is 17.6 Å². The van der Waals surface area contributed by atoms with Gasteiger partial charge in [0.2, 0.25) is 5.91 Å². The molecule has 1 heterocycles. The molecule has 1 amide bonds. The van der Waals surface area contributed by atoms with Gasteiger partial charge in [0.15, 0.2) is 0 Å². The fourth-order valence-corrected chi connectivity index (χ4v) is 5.01. The number of rotatable bonds is 5. The minimum absolute atomic E-state index is 0.0751. The maximum Gasteiger partial charge on any atom is 0.264 e. The first-order valence-electron chi connectivity index (χ1n) is 9.63. The lowest BCUT2D eigenvalue weighted by Gasteiger charge is -2.31. The molecule has 4 rings (SSSR count). The van der Waals surface area contributed by atoms with E-state index in [-0.39, 0.29) is 23.0 Å². The zero-order chi connectivity index (χ0) is 21.1. The molecule has 7 heteroatoms. The highest BCUT2D eigenvalue weighted by atomic mass is 32.2. The number of carbonyl (C=O) groups is 1. The van der Waals surface area contributed by atoms with Crippen LogP contribution in [0.2, 0.25) is 0 Å². The third-order valence-corrected chi connectivity index (χ3v) is 7.00. The molecule has 1 aliphatic rings. The molecule has 0 aliphatic carbocycles. The second kappa shape index (κ2) is 8.28. The summed E-state index contributed by atoms with van der Waals surface area (Å²) < 4.78 is 41.1. The summed E-state index contributed by atoms with van der Waals surface area (Å²) in [6.07, 6.45) is 0.726. The average Bonchev–Trinajstić information content (AvgIpc) is 2.78. The quantitative estimate of drug-likeness (QED) is 0.629. The molecule has 154 valence electrons. The minimum atomic E-state index is -4.00. The molecular weight excluding hydrogens is 403 g/mol. The van der Waals surface area contributed by atoms with Gasteiger partial charge < -0.3 is 4.90 Å². The second-order valence-corrected chi connectivity index (χ2v) is 9.00. The second-order valence-electron chi connectivity index (χ2n) is 7.14. The van der Waals surface area contributed by atoms with Gasteiger partial charge in [-0.1, -0.05) is 42.5 Å². The molecule has 5 nitrogen and oxygen atoms in total. The van der Waals surface area contributed by atoms with Crippen LogP contribution in [0.15, 0.2) is 83.8 Å². The lowest BCUT2D eigenvalue weighted by Crippen LogP contribution is -2.44. The summed E-state index contributed by atoms with van der Waals surface area (Å²) in [5.41, 5.74) is 2.51.